The third-order valence-corrected chi connectivity index (χ3v) is 3.68. The second-order valence-electron chi connectivity index (χ2n) is 5.20. The molecule has 1 aliphatic heterocycles. The van der Waals surface area contributed by atoms with Crippen molar-refractivity contribution in [3.8, 4) is 0 Å². The summed E-state index contributed by atoms with van der Waals surface area (Å²) in [4.78, 5) is 4.32. The van der Waals surface area contributed by atoms with Crippen molar-refractivity contribution in [1.29, 1.82) is 0 Å². The molecule has 4 nitrogen and oxygen atoms in total. The monoisotopic (exact) mass is 279 g/mol. The minimum absolute atomic E-state index is 0.199. The first-order valence-electron chi connectivity index (χ1n) is 6.60. The normalized spacial score (nSPS) is 22.4. The van der Waals surface area contributed by atoms with Crippen LogP contribution in [-0.2, 0) is 6.42 Å². The van der Waals surface area contributed by atoms with E-state index in [0.29, 0.717) is 23.2 Å². The van der Waals surface area contributed by atoms with E-state index in [-0.39, 0.29) is 12.3 Å². The molecule has 0 aliphatic carbocycles. The van der Waals surface area contributed by atoms with Gasteiger partial charge in [0, 0.05) is 19.0 Å². The quantitative estimate of drug-likeness (QED) is 0.936. The van der Waals surface area contributed by atoms with Crippen LogP contribution in [0.4, 0.5) is 8.78 Å². The van der Waals surface area contributed by atoms with Gasteiger partial charge < -0.3 is 9.84 Å². The van der Waals surface area contributed by atoms with Crippen LogP contribution in [0.1, 0.15) is 30.1 Å². The lowest BCUT2D eigenvalue weighted by Crippen LogP contribution is -2.08. The molecule has 1 fully saturated rings. The summed E-state index contributed by atoms with van der Waals surface area (Å²) in [5, 5.41) is 7.15. The summed E-state index contributed by atoms with van der Waals surface area (Å²) in [6.45, 7) is 3.86. The van der Waals surface area contributed by atoms with Crippen LogP contribution in [0.5, 0.6) is 0 Å². The summed E-state index contributed by atoms with van der Waals surface area (Å²) in [6, 6.07) is 3.49. The Labute approximate surface area is 115 Å². The number of nitrogens with zero attached hydrogens (tertiary/aromatic N) is 2. The molecule has 20 heavy (non-hydrogen) atoms. The highest BCUT2D eigenvalue weighted by atomic mass is 19.1. The van der Waals surface area contributed by atoms with Gasteiger partial charge >= 0.3 is 0 Å². The SMILES string of the molecule is C[C@@H]1CNC[C@H]1c1nc(Cc2ccc(F)cc2F)no1. The van der Waals surface area contributed by atoms with Crippen LogP contribution in [0, 0.1) is 17.6 Å². The number of benzene rings is 1. The number of hydrogen-bond donors (Lipinski definition) is 1. The molecule has 1 aromatic heterocycles. The van der Waals surface area contributed by atoms with E-state index in [1.807, 2.05) is 0 Å². The minimum Gasteiger partial charge on any atom is -0.339 e. The lowest BCUT2D eigenvalue weighted by molar-refractivity contribution is 0.337. The predicted molar refractivity (Wildman–Crippen MR) is 68.2 cm³/mol. The zero-order chi connectivity index (χ0) is 14.1. The molecule has 2 atom stereocenters. The van der Waals surface area contributed by atoms with Crippen molar-refractivity contribution >= 4 is 0 Å². The van der Waals surface area contributed by atoms with Gasteiger partial charge in [0.1, 0.15) is 11.6 Å². The summed E-state index contributed by atoms with van der Waals surface area (Å²) in [6.07, 6.45) is 0.199. The van der Waals surface area contributed by atoms with E-state index in [1.165, 1.54) is 12.1 Å². The van der Waals surface area contributed by atoms with E-state index in [9.17, 15) is 8.78 Å². The van der Waals surface area contributed by atoms with Crippen molar-refractivity contribution in [2.24, 2.45) is 5.92 Å². The van der Waals surface area contributed by atoms with E-state index in [4.69, 9.17) is 4.52 Å². The van der Waals surface area contributed by atoms with Crippen molar-refractivity contribution in [3.63, 3.8) is 0 Å². The van der Waals surface area contributed by atoms with Crippen molar-refractivity contribution in [2.45, 2.75) is 19.3 Å². The van der Waals surface area contributed by atoms with E-state index in [1.54, 1.807) is 0 Å². The second-order valence-corrected chi connectivity index (χ2v) is 5.20. The molecule has 0 saturated carbocycles. The molecule has 1 N–H and O–H groups in total. The zero-order valence-corrected chi connectivity index (χ0v) is 11.1. The summed E-state index contributed by atoms with van der Waals surface area (Å²) >= 11 is 0. The van der Waals surface area contributed by atoms with Gasteiger partial charge in [-0.1, -0.05) is 18.1 Å². The number of hydrogen-bond acceptors (Lipinski definition) is 4. The molecule has 0 radical (unpaired) electrons. The van der Waals surface area contributed by atoms with E-state index in [0.717, 1.165) is 19.2 Å². The smallest absolute Gasteiger partial charge is 0.231 e. The third kappa shape index (κ3) is 2.56. The van der Waals surface area contributed by atoms with Crippen LogP contribution in [0.25, 0.3) is 0 Å². The fourth-order valence-electron chi connectivity index (χ4n) is 2.47. The average molecular weight is 279 g/mol. The van der Waals surface area contributed by atoms with Crippen LogP contribution in [0.2, 0.25) is 0 Å². The Morgan fingerprint density at radius 1 is 1.35 bits per heavy atom. The molecule has 2 heterocycles. The van der Waals surface area contributed by atoms with Gasteiger partial charge in [-0.05, 0) is 24.1 Å². The second kappa shape index (κ2) is 5.28. The fraction of sp³-hybridized carbons (Fsp3) is 0.429. The largest absolute Gasteiger partial charge is 0.339 e. The minimum atomic E-state index is -0.592. The molecule has 1 aliphatic rings. The number of halogens is 2. The molecular formula is C14H15F2N3O. The van der Waals surface area contributed by atoms with Crippen LogP contribution < -0.4 is 5.32 Å². The Hall–Kier alpha value is -1.82. The van der Waals surface area contributed by atoms with Crippen LogP contribution in [0.15, 0.2) is 22.7 Å². The van der Waals surface area contributed by atoms with Gasteiger partial charge in [0.2, 0.25) is 5.89 Å². The highest BCUT2D eigenvalue weighted by Crippen LogP contribution is 2.26. The maximum Gasteiger partial charge on any atom is 0.231 e. The molecule has 0 spiro atoms. The Morgan fingerprint density at radius 2 is 2.20 bits per heavy atom. The molecule has 0 unspecified atom stereocenters. The molecule has 0 bridgehead atoms. The van der Waals surface area contributed by atoms with Gasteiger partial charge in [-0.15, -0.1) is 0 Å². The topological polar surface area (TPSA) is 51.0 Å². The summed E-state index contributed by atoms with van der Waals surface area (Å²) in [5.41, 5.74) is 0.358. The van der Waals surface area contributed by atoms with Gasteiger partial charge in [-0.2, -0.15) is 4.98 Å². The molecule has 6 heteroatoms. The number of aromatic nitrogens is 2. The van der Waals surface area contributed by atoms with Crippen molar-refractivity contribution < 1.29 is 13.3 Å². The molecular weight excluding hydrogens is 264 g/mol. The lowest BCUT2D eigenvalue weighted by atomic mass is 9.98. The summed E-state index contributed by atoms with van der Waals surface area (Å²) < 4.78 is 31.7. The van der Waals surface area contributed by atoms with Gasteiger partial charge in [-0.25, -0.2) is 8.78 Å². The van der Waals surface area contributed by atoms with Gasteiger partial charge in [0.05, 0.1) is 5.92 Å². The predicted octanol–water partition coefficient (Wildman–Crippen LogP) is 2.26. The molecule has 1 saturated heterocycles. The molecule has 2 aromatic rings. The molecule has 0 amide bonds. The number of nitrogens with one attached hydrogen (secondary N) is 1. The van der Waals surface area contributed by atoms with Gasteiger partial charge in [0.25, 0.3) is 0 Å². The van der Waals surface area contributed by atoms with Gasteiger partial charge in [-0.3, -0.25) is 0 Å². The summed E-state index contributed by atoms with van der Waals surface area (Å²) in [5.74, 6) is 0.461. The lowest BCUT2D eigenvalue weighted by Gasteiger charge is -2.07. The Bertz CT molecular complexity index is 614. The highest BCUT2D eigenvalue weighted by Gasteiger charge is 2.29. The first-order valence-corrected chi connectivity index (χ1v) is 6.60. The maximum absolute atomic E-state index is 13.6. The first kappa shape index (κ1) is 13.2. The van der Waals surface area contributed by atoms with Crippen molar-refractivity contribution in [1.82, 2.24) is 15.5 Å². The molecule has 106 valence electrons. The Kier molecular flexibility index (Phi) is 3.48. The van der Waals surface area contributed by atoms with Crippen molar-refractivity contribution in [2.75, 3.05) is 13.1 Å². The highest BCUT2D eigenvalue weighted by molar-refractivity contribution is 5.21. The third-order valence-electron chi connectivity index (χ3n) is 3.68. The molecule has 3 rings (SSSR count). The zero-order valence-electron chi connectivity index (χ0n) is 11.1. The first-order chi connectivity index (χ1) is 9.63. The average Bonchev–Trinajstić information content (AvgIpc) is 3.01. The Balaban J connectivity index is 1.77. The van der Waals surface area contributed by atoms with Crippen LogP contribution >= 0.6 is 0 Å². The standard InChI is InChI=1S/C14H15F2N3O/c1-8-6-17-7-11(8)14-18-13(19-20-14)4-9-2-3-10(15)5-12(9)16/h2-3,5,8,11,17H,4,6-7H2,1H3/t8-,11-/m1/s1. The van der Waals surface area contributed by atoms with Gasteiger partial charge in [0.15, 0.2) is 5.82 Å². The summed E-state index contributed by atoms with van der Waals surface area (Å²) in [7, 11) is 0. The fourth-order valence-corrected chi connectivity index (χ4v) is 2.47. The van der Waals surface area contributed by atoms with Crippen LogP contribution in [0.3, 0.4) is 0 Å². The maximum atomic E-state index is 13.6. The number of rotatable bonds is 3. The molecule has 1 aromatic carbocycles. The van der Waals surface area contributed by atoms with Crippen molar-refractivity contribution in [3.05, 3.63) is 47.1 Å². The van der Waals surface area contributed by atoms with Crippen LogP contribution in [-0.4, -0.2) is 23.2 Å². The Morgan fingerprint density at radius 3 is 2.90 bits per heavy atom. The van der Waals surface area contributed by atoms with E-state index in [2.05, 4.69) is 22.4 Å². The van der Waals surface area contributed by atoms with E-state index >= 15 is 0 Å². The van der Waals surface area contributed by atoms with E-state index < -0.39 is 11.6 Å².